The van der Waals surface area contributed by atoms with Crippen molar-refractivity contribution in [1.82, 2.24) is 9.27 Å². The van der Waals surface area contributed by atoms with Gasteiger partial charge >= 0.3 is 5.56 Å². The van der Waals surface area contributed by atoms with Gasteiger partial charge in [-0.25, -0.2) is 0 Å². The second kappa shape index (κ2) is 5.10. The molecule has 0 spiro atoms. The third kappa shape index (κ3) is 2.47. The number of fused-ring (bicyclic) bond motifs is 1. The van der Waals surface area contributed by atoms with Gasteiger partial charge in [-0.1, -0.05) is 0 Å². The molecule has 1 atom stereocenters. The van der Waals surface area contributed by atoms with Crippen molar-refractivity contribution in [3.05, 3.63) is 33.6 Å². The summed E-state index contributed by atoms with van der Waals surface area (Å²) in [4.78, 5) is 14.5. The lowest BCUT2D eigenvalue weighted by molar-refractivity contribution is 0.352. The molecule has 1 aromatic heterocycles. The van der Waals surface area contributed by atoms with Crippen LogP contribution in [-0.2, 0) is 5.75 Å². The van der Waals surface area contributed by atoms with Crippen molar-refractivity contribution < 1.29 is 0 Å². The maximum atomic E-state index is 12.0. The summed E-state index contributed by atoms with van der Waals surface area (Å²) >= 11 is 0. The van der Waals surface area contributed by atoms with Gasteiger partial charge in [0, 0.05) is 12.6 Å². The number of benzene rings is 1. The first-order valence-corrected chi connectivity index (χ1v) is 8.40. The lowest BCUT2D eigenvalue weighted by atomic mass is 10.1. The summed E-state index contributed by atoms with van der Waals surface area (Å²) in [6, 6.07) is 4.25. The van der Waals surface area contributed by atoms with Crippen molar-refractivity contribution >= 4 is 20.8 Å². The van der Waals surface area contributed by atoms with Crippen LogP contribution in [0.1, 0.15) is 24.0 Å². The van der Waals surface area contributed by atoms with Gasteiger partial charge in [0.05, 0.1) is 10.7 Å². The molecule has 0 bridgehead atoms. The number of aromatic amines is 1. The fraction of sp³-hybridized carbons (Fsp3) is 0.533. The van der Waals surface area contributed by atoms with Crippen LogP contribution in [0.25, 0.3) is 10.1 Å². The molecule has 1 aliphatic heterocycles. The Morgan fingerprint density at radius 2 is 1.89 bits per heavy atom. The molecule has 1 unspecified atom stereocenters. The average Bonchev–Trinajstić information content (AvgIpc) is 2.98. The maximum Gasteiger partial charge on any atom is 0.301 e. The minimum absolute atomic E-state index is 0.0881. The number of nitrogens with one attached hydrogen (secondary N) is 1. The zero-order valence-electron chi connectivity index (χ0n) is 11.7. The van der Waals surface area contributed by atoms with E-state index in [1.54, 1.807) is 0 Å². The molecule has 0 aliphatic carbocycles. The van der Waals surface area contributed by atoms with Crippen molar-refractivity contribution in [2.45, 2.75) is 32.4 Å². The van der Waals surface area contributed by atoms with Gasteiger partial charge in [-0.05, 0) is 57.0 Å². The third-order valence-corrected chi connectivity index (χ3v) is 6.02. The standard InChI is InChI=1S/C15H20N2OS/c1-11-9-13-14(10-12(11)2)19(16-15(13)18)8-7-17-5-3-4-6-17/h9-10H,3-8H2,1-2H3/p+1. The molecule has 3 nitrogen and oxygen atoms in total. The van der Waals surface area contributed by atoms with Crippen molar-refractivity contribution in [2.24, 2.45) is 0 Å². The second-order valence-electron chi connectivity index (χ2n) is 5.51. The average molecular weight is 277 g/mol. The monoisotopic (exact) mass is 277 g/mol. The van der Waals surface area contributed by atoms with Gasteiger partial charge in [-0.2, -0.15) is 4.37 Å². The lowest BCUT2D eigenvalue weighted by Crippen LogP contribution is -2.21. The van der Waals surface area contributed by atoms with Gasteiger partial charge in [-0.3, -0.25) is 9.69 Å². The van der Waals surface area contributed by atoms with Crippen molar-refractivity contribution in [3.63, 3.8) is 0 Å². The molecule has 0 amide bonds. The highest BCUT2D eigenvalue weighted by Gasteiger charge is 2.20. The van der Waals surface area contributed by atoms with Crippen molar-refractivity contribution in [2.75, 3.05) is 19.6 Å². The Morgan fingerprint density at radius 3 is 2.63 bits per heavy atom. The van der Waals surface area contributed by atoms with Crippen molar-refractivity contribution in [3.8, 4) is 0 Å². The van der Waals surface area contributed by atoms with Gasteiger partial charge in [0.15, 0.2) is 5.75 Å². The summed E-state index contributed by atoms with van der Waals surface area (Å²) in [7, 11) is -0.0881. The molecule has 0 saturated carbocycles. The Labute approximate surface area is 116 Å². The van der Waals surface area contributed by atoms with Gasteiger partial charge < -0.3 is 0 Å². The first-order chi connectivity index (χ1) is 9.15. The number of nitrogens with zero attached hydrogens (tertiary/aromatic N) is 1. The van der Waals surface area contributed by atoms with Crippen LogP contribution in [-0.4, -0.2) is 28.9 Å². The molecule has 0 radical (unpaired) electrons. The minimum Gasteiger partial charge on any atom is -0.298 e. The third-order valence-electron chi connectivity index (χ3n) is 4.13. The van der Waals surface area contributed by atoms with E-state index in [1.165, 1.54) is 41.8 Å². The number of H-pyrrole nitrogens is 1. The van der Waals surface area contributed by atoms with E-state index in [2.05, 4.69) is 29.2 Å². The Morgan fingerprint density at radius 1 is 1.21 bits per heavy atom. The van der Waals surface area contributed by atoms with Crippen LogP contribution in [0.5, 0.6) is 0 Å². The molecule has 1 aromatic carbocycles. The lowest BCUT2D eigenvalue weighted by Gasteiger charge is -2.10. The highest BCUT2D eigenvalue weighted by atomic mass is 32.2. The molecule has 1 aliphatic rings. The Bertz CT molecular complexity index is 650. The SMILES string of the molecule is Cc1cc2c(=O)[nH][s+](CCN3CCCC3)c2cc1C. The summed E-state index contributed by atoms with van der Waals surface area (Å²) < 4.78 is 4.39. The molecule has 3 rings (SSSR count). The van der Waals surface area contributed by atoms with E-state index in [9.17, 15) is 4.79 Å². The van der Waals surface area contributed by atoms with E-state index in [0.29, 0.717) is 0 Å². The van der Waals surface area contributed by atoms with Crippen LogP contribution in [0.15, 0.2) is 16.9 Å². The zero-order valence-corrected chi connectivity index (χ0v) is 12.5. The molecular weight excluding hydrogens is 256 g/mol. The number of aromatic nitrogens is 1. The fourth-order valence-electron chi connectivity index (χ4n) is 2.78. The molecule has 1 N–H and O–H groups in total. The molecule has 1 saturated heterocycles. The van der Waals surface area contributed by atoms with Gasteiger partial charge in [0.25, 0.3) is 0 Å². The van der Waals surface area contributed by atoms with Gasteiger partial charge in [0.2, 0.25) is 4.70 Å². The Balaban J connectivity index is 1.90. The second-order valence-corrected chi connectivity index (χ2v) is 7.34. The summed E-state index contributed by atoms with van der Waals surface area (Å²) in [5, 5.41) is 0.896. The van der Waals surface area contributed by atoms with Crippen LogP contribution < -0.4 is 5.56 Å². The number of aryl methyl sites for hydroxylation is 2. The number of likely N-dealkylation sites (tertiary alicyclic amines) is 1. The largest absolute Gasteiger partial charge is 0.301 e. The summed E-state index contributed by atoms with van der Waals surface area (Å²) in [6.07, 6.45) is 2.66. The van der Waals surface area contributed by atoms with E-state index >= 15 is 0 Å². The van der Waals surface area contributed by atoms with Crippen LogP contribution in [0.2, 0.25) is 0 Å². The smallest absolute Gasteiger partial charge is 0.298 e. The van der Waals surface area contributed by atoms with Crippen molar-refractivity contribution in [1.29, 1.82) is 0 Å². The molecule has 1 fully saturated rings. The topological polar surface area (TPSA) is 36.1 Å². The van der Waals surface area contributed by atoms with Crippen LogP contribution in [0.3, 0.4) is 0 Å². The normalized spacial score (nSPS) is 17.5. The zero-order chi connectivity index (χ0) is 13.4. The first-order valence-electron chi connectivity index (χ1n) is 7.00. The maximum absolute atomic E-state index is 12.0. The summed E-state index contributed by atoms with van der Waals surface area (Å²) in [6.45, 7) is 7.76. The predicted octanol–water partition coefficient (Wildman–Crippen LogP) is 2.99. The van der Waals surface area contributed by atoms with E-state index in [0.717, 1.165) is 17.7 Å². The Hall–Kier alpha value is -1.13. The highest BCUT2D eigenvalue weighted by Crippen LogP contribution is 2.29. The minimum atomic E-state index is -0.0881. The van der Waals surface area contributed by atoms with E-state index in [1.807, 2.05) is 6.07 Å². The fourth-order valence-corrected chi connectivity index (χ4v) is 4.72. The van der Waals surface area contributed by atoms with Gasteiger partial charge in [-0.15, -0.1) is 0 Å². The Kier molecular flexibility index (Phi) is 3.46. The predicted molar refractivity (Wildman–Crippen MR) is 82.2 cm³/mol. The van der Waals surface area contributed by atoms with Crippen LogP contribution >= 0.6 is 10.7 Å². The molecule has 4 heteroatoms. The molecule has 2 aromatic rings. The molecular formula is C15H21N2OS+. The quantitative estimate of drug-likeness (QED) is 0.876. The van der Waals surface area contributed by atoms with Crippen LogP contribution in [0, 0.1) is 13.8 Å². The molecule has 2 heterocycles. The number of hydrogen-bond donors (Lipinski definition) is 1. The molecule has 102 valence electrons. The van der Waals surface area contributed by atoms with E-state index < -0.39 is 0 Å². The number of rotatable bonds is 3. The number of hydrogen-bond acceptors (Lipinski definition) is 2. The van der Waals surface area contributed by atoms with E-state index in [-0.39, 0.29) is 16.2 Å². The summed E-state index contributed by atoms with van der Waals surface area (Å²) in [5.74, 6) is 1.06. The highest BCUT2D eigenvalue weighted by molar-refractivity contribution is 7.31. The summed E-state index contributed by atoms with van der Waals surface area (Å²) in [5.41, 5.74) is 2.61. The van der Waals surface area contributed by atoms with Gasteiger partial charge in [0.1, 0.15) is 5.39 Å². The first kappa shape index (κ1) is 12.9. The molecule has 19 heavy (non-hydrogen) atoms. The van der Waals surface area contributed by atoms with Crippen LogP contribution in [0.4, 0.5) is 0 Å². The van der Waals surface area contributed by atoms with E-state index in [4.69, 9.17) is 0 Å².